The maximum absolute atomic E-state index is 5.53. The lowest BCUT2D eigenvalue weighted by Gasteiger charge is -2.11. The van der Waals surface area contributed by atoms with E-state index in [0.717, 1.165) is 39.4 Å². The summed E-state index contributed by atoms with van der Waals surface area (Å²) in [4.78, 5) is 4.82. The molecule has 0 aliphatic heterocycles. The molecule has 4 rings (SSSR count). The van der Waals surface area contributed by atoms with Crippen LogP contribution in [0.2, 0.25) is 0 Å². The summed E-state index contributed by atoms with van der Waals surface area (Å²) in [6.07, 6.45) is 1.77. The van der Waals surface area contributed by atoms with Crippen molar-refractivity contribution in [1.29, 1.82) is 0 Å². The molecule has 0 amide bonds. The number of pyridine rings is 1. The molecule has 2 aromatic heterocycles. The van der Waals surface area contributed by atoms with E-state index in [1.165, 1.54) is 0 Å². The van der Waals surface area contributed by atoms with Crippen LogP contribution in [0.25, 0.3) is 22.0 Å². The Bertz CT molecular complexity index is 978. The summed E-state index contributed by atoms with van der Waals surface area (Å²) in [7, 11) is 0. The summed E-state index contributed by atoms with van der Waals surface area (Å²) in [5.74, 6) is 2.36. The molecular formula is C20H18N4O. The number of benzene rings is 2. The van der Waals surface area contributed by atoms with Crippen molar-refractivity contribution in [3.63, 3.8) is 0 Å². The average molecular weight is 330 g/mol. The van der Waals surface area contributed by atoms with Crippen molar-refractivity contribution >= 4 is 22.4 Å². The maximum atomic E-state index is 5.53. The molecule has 0 bridgehead atoms. The number of rotatable bonds is 5. The third-order valence-corrected chi connectivity index (χ3v) is 3.94. The second-order valence-electron chi connectivity index (χ2n) is 5.62. The first-order valence-corrected chi connectivity index (χ1v) is 8.23. The van der Waals surface area contributed by atoms with E-state index in [1.54, 1.807) is 6.20 Å². The van der Waals surface area contributed by atoms with Crippen LogP contribution in [0.5, 0.6) is 5.75 Å². The van der Waals surface area contributed by atoms with E-state index in [4.69, 9.17) is 9.72 Å². The minimum Gasteiger partial charge on any atom is -0.494 e. The number of hydrogen-bond donors (Lipinski definition) is 2. The van der Waals surface area contributed by atoms with Gasteiger partial charge in [-0.15, -0.1) is 0 Å². The first-order valence-electron chi connectivity index (χ1n) is 8.23. The predicted octanol–water partition coefficient (Wildman–Crippen LogP) is 4.77. The molecule has 0 saturated heterocycles. The molecule has 0 spiro atoms. The summed E-state index contributed by atoms with van der Waals surface area (Å²) >= 11 is 0. The van der Waals surface area contributed by atoms with Crippen LogP contribution in [-0.4, -0.2) is 21.8 Å². The van der Waals surface area contributed by atoms with Crippen molar-refractivity contribution in [3.05, 3.63) is 66.9 Å². The number of hydrogen-bond acceptors (Lipinski definition) is 4. The van der Waals surface area contributed by atoms with Gasteiger partial charge in [0.25, 0.3) is 0 Å². The molecule has 124 valence electrons. The fourth-order valence-corrected chi connectivity index (χ4v) is 2.82. The highest BCUT2D eigenvalue weighted by atomic mass is 16.5. The lowest BCUT2D eigenvalue weighted by atomic mass is 10.0. The highest BCUT2D eigenvalue weighted by molar-refractivity contribution is 5.96. The van der Waals surface area contributed by atoms with Crippen molar-refractivity contribution in [3.8, 4) is 17.0 Å². The van der Waals surface area contributed by atoms with Crippen LogP contribution >= 0.6 is 0 Å². The van der Waals surface area contributed by atoms with Gasteiger partial charge in [-0.1, -0.05) is 24.3 Å². The predicted molar refractivity (Wildman–Crippen MR) is 100 cm³/mol. The van der Waals surface area contributed by atoms with Crippen molar-refractivity contribution in [2.75, 3.05) is 11.9 Å². The highest BCUT2D eigenvalue weighted by Gasteiger charge is 2.09. The topological polar surface area (TPSA) is 62.8 Å². The summed E-state index contributed by atoms with van der Waals surface area (Å²) in [5.41, 5.74) is 1.98. The van der Waals surface area contributed by atoms with E-state index in [0.29, 0.717) is 6.61 Å². The third kappa shape index (κ3) is 3.17. The number of nitrogens with zero attached hydrogens (tertiary/aromatic N) is 2. The highest BCUT2D eigenvalue weighted by Crippen LogP contribution is 2.31. The number of ether oxygens (including phenoxy) is 1. The zero-order chi connectivity index (χ0) is 17.1. The second kappa shape index (κ2) is 6.65. The van der Waals surface area contributed by atoms with Gasteiger partial charge in [0.1, 0.15) is 11.6 Å². The second-order valence-corrected chi connectivity index (χ2v) is 5.62. The lowest BCUT2D eigenvalue weighted by Crippen LogP contribution is -1.97. The molecule has 5 nitrogen and oxygen atoms in total. The number of aromatic amines is 1. The molecule has 0 aliphatic rings. The fourth-order valence-electron chi connectivity index (χ4n) is 2.82. The van der Waals surface area contributed by atoms with Crippen LogP contribution in [0.15, 0.2) is 66.9 Å². The molecule has 2 N–H and O–H groups in total. The molecule has 25 heavy (non-hydrogen) atoms. The van der Waals surface area contributed by atoms with Crippen molar-refractivity contribution < 1.29 is 4.74 Å². The Labute approximate surface area is 145 Å². The fraction of sp³-hybridized carbons (Fsp3) is 0.100. The van der Waals surface area contributed by atoms with E-state index in [9.17, 15) is 0 Å². The van der Waals surface area contributed by atoms with Crippen LogP contribution in [0.4, 0.5) is 11.6 Å². The Morgan fingerprint density at radius 3 is 2.60 bits per heavy atom. The van der Waals surface area contributed by atoms with E-state index in [2.05, 4.69) is 27.6 Å². The van der Waals surface area contributed by atoms with Gasteiger partial charge in [-0.2, -0.15) is 5.10 Å². The van der Waals surface area contributed by atoms with Gasteiger partial charge in [-0.25, -0.2) is 4.98 Å². The zero-order valence-electron chi connectivity index (χ0n) is 13.9. The third-order valence-electron chi connectivity index (χ3n) is 3.94. The Hall–Kier alpha value is -3.34. The van der Waals surface area contributed by atoms with E-state index >= 15 is 0 Å². The van der Waals surface area contributed by atoms with Crippen LogP contribution in [0.1, 0.15) is 6.92 Å². The SMILES string of the molecule is CCOc1ccc(-c2nc(Nc3cc[nH]n3)cc3ccccc23)cc1. The summed E-state index contributed by atoms with van der Waals surface area (Å²) < 4.78 is 5.53. The minimum atomic E-state index is 0.656. The molecule has 2 aromatic carbocycles. The lowest BCUT2D eigenvalue weighted by molar-refractivity contribution is 0.340. The minimum absolute atomic E-state index is 0.656. The maximum Gasteiger partial charge on any atom is 0.153 e. The number of H-pyrrole nitrogens is 1. The molecule has 0 unspecified atom stereocenters. The molecule has 4 aromatic rings. The largest absolute Gasteiger partial charge is 0.494 e. The number of nitrogens with one attached hydrogen (secondary N) is 2. The number of fused-ring (bicyclic) bond motifs is 1. The van der Waals surface area contributed by atoms with Crippen LogP contribution in [0, 0.1) is 0 Å². The smallest absolute Gasteiger partial charge is 0.153 e. The van der Waals surface area contributed by atoms with Crippen LogP contribution in [0.3, 0.4) is 0 Å². The first kappa shape index (κ1) is 15.2. The Morgan fingerprint density at radius 1 is 1.00 bits per heavy atom. The average Bonchev–Trinajstić information content (AvgIpc) is 3.15. The van der Waals surface area contributed by atoms with Gasteiger partial charge < -0.3 is 10.1 Å². The van der Waals surface area contributed by atoms with E-state index < -0.39 is 0 Å². The number of anilines is 2. The first-order chi connectivity index (χ1) is 12.3. The van der Waals surface area contributed by atoms with Crippen molar-refractivity contribution in [2.45, 2.75) is 6.92 Å². The van der Waals surface area contributed by atoms with Crippen LogP contribution in [-0.2, 0) is 0 Å². The van der Waals surface area contributed by atoms with Gasteiger partial charge in [0.05, 0.1) is 12.3 Å². The van der Waals surface area contributed by atoms with Gasteiger partial charge in [0.15, 0.2) is 5.82 Å². The van der Waals surface area contributed by atoms with Gasteiger partial charge >= 0.3 is 0 Å². The molecule has 0 atom stereocenters. The summed E-state index contributed by atoms with van der Waals surface area (Å²) in [6.45, 7) is 2.64. The van der Waals surface area contributed by atoms with Crippen LogP contribution < -0.4 is 10.1 Å². The standard InChI is InChI=1S/C20H18N4O/c1-2-25-16-9-7-14(8-10-16)20-17-6-4-3-5-15(17)13-19(23-20)22-18-11-12-21-24-18/h3-13H,2H2,1H3,(H2,21,22,23,24). The van der Waals surface area contributed by atoms with Gasteiger partial charge in [-0.05, 0) is 42.6 Å². The molecule has 5 heteroatoms. The Kier molecular flexibility index (Phi) is 4.04. The zero-order valence-corrected chi connectivity index (χ0v) is 13.9. The monoisotopic (exact) mass is 330 g/mol. The van der Waals surface area contributed by atoms with E-state index in [-0.39, 0.29) is 0 Å². The molecule has 0 saturated carbocycles. The normalized spacial score (nSPS) is 10.8. The van der Waals surface area contributed by atoms with Gasteiger partial charge in [0, 0.05) is 23.2 Å². The molecule has 0 fully saturated rings. The molecular weight excluding hydrogens is 312 g/mol. The molecule has 0 radical (unpaired) electrons. The van der Waals surface area contributed by atoms with Gasteiger partial charge in [0.2, 0.25) is 0 Å². The van der Waals surface area contributed by atoms with Gasteiger partial charge in [-0.3, -0.25) is 5.10 Å². The van der Waals surface area contributed by atoms with E-state index in [1.807, 2.05) is 55.5 Å². The molecule has 0 aliphatic carbocycles. The quantitative estimate of drug-likeness (QED) is 0.553. The Morgan fingerprint density at radius 2 is 1.84 bits per heavy atom. The molecule has 2 heterocycles. The summed E-state index contributed by atoms with van der Waals surface area (Å²) in [5, 5.41) is 12.4. The van der Waals surface area contributed by atoms with Crippen molar-refractivity contribution in [1.82, 2.24) is 15.2 Å². The Balaban J connectivity index is 1.80. The van der Waals surface area contributed by atoms with Crippen molar-refractivity contribution in [2.24, 2.45) is 0 Å². The summed E-state index contributed by atoms with van der Waals surface area (Å²) in [6, 6.07) is 20.2. The number of aromatic nitrogens is 3.